The van der Waals surface area contributed by atoms with Gasteiger partial charge >= 0.3 is 20.1 Å². The van der Waals surface area contributed by atoms with E-state index >= 15 is 0 Å². The zero-order chi connectivity index (χ0) is 29.0. The van der Waals surface area contributed by atoms with Crippen LogP contribution in [-0.4, -0.2) is 161 Å². The van der Waals surface area contributed by atoms with Crippen molar-refractivity contribution in [2.24, 2.45) is 0 Å². The first-order valence-corrected chi connectivity index (χ1v) is 11.3. The summed E-state index contributed by atoms with van der Waals surface area (Å²) in [5, 5.41) is 85.3. The fraction of sp³-hybridized carbons (Fsp3) is 0.750. The average Bonchev–Trinajstić information content (AvgIpc) is 2.79. The quantitative estimate of drug-likeness (QED) is 0.0921. The zero-order valence-corrected chi connectivity index (χ0v) is 22.4. The Morgan fingerprint density at radius 2 is 1.05 bits per heavy atom. The molecule has 1 fully saturated rings. The van der Waals surface area contributed by atoms with Gasteiger partial charge in [0.25, 0.3) is 0 Å². The van der Waals surface area contributed by atoms with Crippen LogP contribution in [0.4, 0.5) is 0 Å². The number of amides is 1. The van der Waals surface area contributed by atoms with Crippen molar-refractivity contribution in [3.05, 3.63) is 0 Å². The van der Waals surface area contributed by atoms with Crippen LogP contribution in [0.3, 0.4) is 0 Å². The van der Waals surface area contributed by atoms with E-state index in [0.29, 0.717) is 0 Å². The molecule has 39 heavy (non-hydrogen) atoms. The molecule has 1 saturated heterocycles. The Balaban J connectivity index is 0.0000144. The van der Waals surface area contributed by atoms with Crippen LogP contribution in [0.15, 0.2) is 0 Å². The van der Waals surface area contributed by atoms with E-state index < -0.39 is 99.8 Å². The smallest absolute Gasteiger partial charge is 0.549 e. The molecule has 221 valence electrons. The molecule has 1 aliphatic heterocycles. The van der Waals surface area contributed by atoms with E-state index in [1.54, 1.807) is 0 Å². The van der Waals surface area contributed by atoms with Crippen molar-refractivity contribution in [2.75, 3.05) is 65.5 Å². The second-order valence-electron chi connectivity index (χ2n) is 8.51. The van der Waals surface area contributed by atoms with Gasteiger partial charge in [0.2, 0.25) is 5.91 Å². The Bertz CT molecular complexity index is 764. The number of carboxylic acid groups (broad SMARTS) is 4. The van der Waals surface area contributed by atoms with Crippen LogP contribution in [0.5, 0.6) is 0 Å². The Morgan fingerprint density at radius 3 is 1.41 bits per heavy atom. The van der Waals surface area contributed by atoms with Gasteiger partial charge in [-0.1, -0.05) is 0 Å². The van der Waals surface area contributed by atoms with Crippen LogP contribution in [0.2, 0.25) is 0 Å². The summed E-state index contributed by atoms with van der Waals surface area (Å²) in [6.07, 6.45) is -6.53. The number of ether oxygens (including phenoxy) is 1. The van der Waals surface area contributed by atoms with E-state index in [9.17, 15) is 59.7 Å². The van der Waals surface area contributed by atoms with Crippen molar-refractivity contribution in [2.45, 2.75) is 30.6 Å². The molecule has 1 rings (SSSR count). The van der Waals surface area contributed by atoms with Crippen LogP contribution in [-0.2, 0) is 48.8 Å². The SMILES string of the molecule is O=C([O-])CN(CCN(CCN(CC(=O)[O-])CC(=O)[O-])CC(=O)N[C@@H]1[C@@H](O)[C@H](O)[C@@H](CO)O[C@@H]1O)CC(=O)[O-].[99Tc+4]. The Kier molecular flexibility index (Phi) is 17.0. The molecule has 5 N–H and O–H groups in total. The number of carbonyl (C=O) groups excluding carboxylic acids is 5. The third-order valence-electron chi connectivity index (χ3n) is 5.47. The molecule has 0 bridgehead atoms. The topological polar surface area (TPSA) is 289 Å². The summed E-state index contributed by atoms with van der Waals surface area (Å²) in [6.45, 7) is -5.37. The molecule has 0 aromatic carbocycles. The van der Waals surface area contributed by atoms with Crippen molar-refractivity contribution in [1.82, 2.24) is 20.0 Å². The maximum Gasteiger partial charge on any atom is 4.00 e. The van der Waals surface area contributed by atoms with Gasteiger partial charge in [-0.2, -0.15) is 0 Å². The monoisotopic (exact) mass is 649 g/mol. The molecule has 0 aromatic rings. The van der Waals surface area contributed by atoms with Crippen LogP contribution in [0.25, 0.3) is 0 Å². The minimum absolute atomic E-state index is 0. The van der Waals surface area contributed by atoms with Crippen molar-refractivity contribution in [1.29, 1.82) is 0 Å². The number of rotatable bonds is 18. The van der Waals surface area contributed by atoms with Crippen LogP contribution < -0.4 is 25.7 Å². The molecule has 0 aliphatic carbocycles. The zero-order valence-electron chi connectivity index (χ0n) is 20.5. The minimum atomic E-state index is -1.81. The minimum Gasteiger partial charge on any atom is -0.549 e. The van der Waals surface area contributed by atoms with Crippen LogP contribution >= 0.6 is 0 Å². The summed E-state index contributed by atoms with van der Waals surface area (Å²) in [5.74, 6) is -7.24. The molecule has 18 nitrogen and oxygen atoms in total. The molecule has 19 heteroatoms. The summed E-state index contributed by atoms with van der Waals surface area (Å²) >= 11 is 0. The maximum atomic E-state index is 12.7. The third kappa shape index (κ3) is 14.0. The Hall–Kier alpha value is -2.32. The van der Waals surface area contributed by atoms with Gasteiger partial charge in [0, 0.05) is 52.4 Å². The number of aliphatic carboxylic acids is 4. The fourth-order valence-electron chi connectivity index (χ4n) is 3.68. The van der Waals surface area contributed by atoms with Crippen molar-refractivity contribution >= 4 is 29.8 Å². The van der Waals surface area contributed by atoms with Gasteiger partial charge in [0.15, 0.2) is 6.29 Å². The second-order valence-corrected chi connectivity index (χ2v) is 8.51. The molecular formula is C20H30N4O14Tc. The Labute approximate surface area is 235 Å². The molecule has 1 amide bonds. The third-order valence-corrected chi connectivity index (χ3v) is 5.47. The molecule has 0 saturated carbocycles. The standard InChI is InChI=1S/C20H34N4O14.Tc/c25-10-11-18(35)19(36)17(20(37)38-11)21-12(26)5-22(1-3-23(6-13(27)28)7-14(29)30)2-4-24(8-15(31)32)9-16(33)34;/h11,17-20,25,35-37H,1-10H2,(H,21,26)(H,27,28)(H,29,30)(H,31,32)(H,33,34);/q;+4/p-4/t11-,17-,18-,19-,20+;/m1./s1/i;1+1. The first-order valence-electron chi connectivity index (χ1n) is 11.3. The fourth-order valence-corrected chi connectivity index (χ4v) is 3.68. The summed E-state index contributed by atoms with van der Waals surface area (Å²) in [5.41, 5.74) is 0. The number of nitrogens with one attached hydrogen (secondary N) is 1. The van der Waals surface area contributed by atoms with E-state index in [-0.39, 0.29) is 46.3 Å². The predicted octanol–water partition coefficient (Wildman–Crippen LogP) is -11.2. The molecule has 0 aromatic heterocycles. The number of aliphatic hydroxyl groups excluding tert-OH is 4. The summed E-state index contributed by atoms with van der Waals surface area (Å²) in [6, 6.07) is -1.53. The van der Waals surface area contributed by atoms with Gasteiger partial charge in [-0.05, 0) is 0 Å². The van der Waals surface area contributed by atoms with E-state index in [2.05, 4.69) is 5.32 Å². The van der Waals surface area contributed by atoms with Crippen molar-refractivity contribution in [3.8, 4) is 0 Å². The van der Waals surface area contributed by atoms with Gasteiger partial charge in [0.1, 0.15) is 24.4 Å². The normalized spacial score (nSPS) is 22.9. The first-order chi connectivity index (χ1) is 17.7. The van der Waals surface area contributed by atoms with Crippen LogP contribution in [0.1, 0.15) is 0 Å². The first kappa shape index (κ1) is 36.7. The number of nitrogens with zero attached hydrogens (tertiary/aromatic N) is 3. The number of hydrogen-bond acceptors (Lipinski definition) is 17. The predicted molar refractivity (Wildman–Crippen MR) is 111 cm³/mol. The molecular weight excluding hydrogens is 619 g/mol. The van der Waals surface area contributed by atoms with Crippen LogP contribution in [0, 0.1) is 0 Å². The van der Waals surface area contributed by atoms with E-state index in [1.165, 1.54) is 4.90 Å². The van der Waals surface area contributed by atoms with Gasteiger partial charge in [-0.25, -0.2) is 0 Å². The van der Waals surface area contributed by atoms with E-state index in [0.717, 1.165) is 9.80 Å². The molecule has 0 unspecified atom stereocenters. The summed E-state index contributed by atoms with van der Waals surface area (Å²) in [4.78, 5) is 59.5. The second kappa shape index (κ2) is 18.1. The van der Waals surface area contributed by atoms with Gasteiger partial charge in [-0.15, -0.1) is 0 Å². The number of hydrogen-bond donors (Lipinski definition) is 5. The van der Waals surface area contributed by atoms with Crippen molar-refractivity contribution in [3.63, 3.8) is 0 Å². The molecule has 5 atom stereocenters. The van der Waals surface area contributed by atoms with E-state index in [4.69, 9.17) is 9.84 Å². The van der Waals surface area contributed by atoms with Crippen molar-refractivity contribution < 1.29 is 89.7 Å². The average molecular weight is 649 g/mol. The number of carboxylic acids is 4. The van der Waals surface area contributed by atoms with E-state index in [1.807, 2.05) is 0 Å². The summed E-state index contributed by atoms with van der Waals surface area (Å²) in [7, 11) is 0. The largest absolute Gasteiger partial charge is 4.00 e. The molecule has 1 heterocycles. The molecule has 1 radical (unpaired) electrons. The molecule has 0 spiro atoms. The Morgan fingerprint density at radius 1 is 0.667 bits per heavy atom. The van der Waals surface area contributed by atoms with Gasteiger partial charge in [0.05, 0.1) is 37.0 Å². The van der Waals surface area contributed by atoms with Gasteiger partial charge in [-0.3, -0.25) is 19.5 Å². The maximum absolute atomic E-state index is 12.7. The molecule has 1 aliphatic rings. The summed E-state index contributed by atoms with van der Waals surface area (Å²) < 4.78 is 4.95. The number of carbonyl (C=O) groups is 5. The van der Waals surface area contributed by atoms with Gasteiger partial charge < -0.3 is 70.1 Å². The number of aliphatic hydroxyl groups is 4.